The second-order valence-electron chi connectivity index (χ2n) is 5.66. The summed E-state index contributed by atoms with van der Waals surface area (Å²) in [4.78, 5) is 0. The Bertz CT molecular complexity index is 517. The number of ether oxygens (including phenoxy) is 1. The van der Waals surface area contributed by atoms with Gasteiger partial charge in [0, 0.05) is 5.56 Å². The van der Waals surface area contributed by atoms with Crippen LogP contribution in [0.1, 0.15) is 38.7 Å². The lowest BCUT2D eigenvalue weighted by atomic mass is 9.80. The molecular formula is C17H22FNO. The van der Waals surface area contributed by atoms with E-state index in [1.165, 1.54) is 6.07 Å². The van der Waals surface area contributed by atoms with Gasteiger partial charge >= 0.3 is 0 Å². The van der Waals surface area contributed by atoms with Crippen LogP contribution in [0, 0.1) is 29.5 Å². The van der Waals surface area contributed by atoms with Gasteiger partial charge in [-0.05, 0) is 49.3 Å². The van der Waals surface area contributed by atoms with Gasteiger partial charge in [-0.25, -0.2) is 4.39 Å². The molecule has 1 aliphatic rings. The first-order valence-electron chi connectivity index (χ1n) is 7.25. The third-order valence-corrected chi connectivity index (χ3v) is 4.11. The SMILES string of the molecule is CC1CCC(Oc2cc(C#CCN)ccc2F)CC1C. The molecule has 3 unspecified atom stereocenters. The van der Waals surface area contributed by atoms with Gasteiger partial charge in [0.2, 0.25) is 0 Å². The van der Waals surface area contributed by atoms with Crippen molar-refractivity contribution in [1.29, 1.82) is 0 Å². The van der Waals surface area contributed by atoms with Crippen molar-refractivity contribution in [3.63, 3.8) is 0 Å². The standard InChI is InChI=1S/C17H22FNO/c1-12-5-7-15(10-13(12)2)20-17-11-14(4-3-9-19)6-8-16(17)18/h6,8,11-13,15H,5,7,9-10,19H2,1-2H3. The molecule has 1 saturated carbocycles. The topological polar surface area (TPSA) is 35.2 Å². The smallest absolute Gasteiger partial charge is 0.165 e. The molecule has 2 nitrogen and oxygen atoms in total. The Morgan fingerprint density at radius 2 is 2.10 bits per heavy atom. The van der Waals surface area contributed by atoms with Crippen LogP contribution in [0.5, 0.6) is 5.75 Å². The Hall–Kier alpha value is -1.53. The van der Waals surface area contributed by atoms with Crippen LogP contribution in [-0.4, -0.2) is 12.6 Å². The van der Waals surface area contributed by atoms with Gasteiger partial charge in [-0.15, -0.1) is 0 Å². The van der Waals surface area contributed by atoms with E-state index in [1.54, 1.807) is 12.1 Å². The molecule has 0 spiro atoms. The molecule has 1 aromatic rings. The fourth-order valence-corrected chi connectivity index (χ4v) is 2.61. The first-order valence-corrected chi connectivity index (χ1v) is 7.25. The van der Waals surface area contributed by atoms with Crippen molar-refractivity contribution in [2.75, 3.05) is 6.54 Å². The van der Waals surface area contributed by atoms with Gasteiger partial charge in [-0.3, -0.25) is 0 Å². The highest BCUT2D eigenvalue weighted by atomic mass is 19.1. The van der Waals surface area contributed by atoms with Crippen molar-refractivity contribution >= 4 is 0 Å². The zero-order valence-electron chi connectivity index (χ0n) is 12.2. The molecule has 20 heavy (non-hydrogen) atoms. The molecule has 0 saturated heterocycles. The molecule has 3 atom stereocenters. The van der Waals surface area contributed by atoms with E-state index in [1.807, 2.05) is 0 Å². The van der Waals surface area contributed by atoms with Gasteiger partial charge in [0.1, 0.15) is 0 Å². The lowest BCUT2D eigenvalue weighted by Gasteiger charge is -2.32. The molecule has 0 radical (unpaired) electrons. The molecule has 1 aliphatic carbocycles. The van der Waals surface area contributed by atoms with Crippen molar-refractivity contribution in [2.45, 2.75) is 39.2 Å². The molecule has 0 amide bonds. The summed E-state index contributed by atoms with van der Waals surface area (Å²) in [7, 11) is 0. The fraction of sp³-hybridized carbons (Fsp3) is 0.529. The van der Waals surface area contributed by atoms with Gasteiger partial charge in [-0.1, -0.05) is 25.7 Å². The summed E-state index contributed by atoms with van der Waals surface area (Å²) in [6, 6.07) is 4.72. The lowest BCUT2D eigenvalue weighted by molar-refractivity contribution is 0.0968. The minimum Gasteiger partial charge on any atom is -0.487 e. The molecule has 0 heterocycles. The first-order chi connectivity index (χ1) is 9.60. The average Bonchev–Trinajstić information content (AvgIpc) is 2.44. The van der Waals surface area contributed by atoms with Crippen LogP contribution in [-0.2, 0) is 0 Å². The second kappa shape index (κ2) is 6.76. The van der Waals surface area contributed by atoms with Gasteiger partial charge in [0.05, 0.1) is 12.6 Å². The van der Waals surface area contributed by atoms with Crippen LogP contribution in [0.3, 0.4) is 0 Å². The molecule has 3 heteroatoms. The van der Waals surface area contributed by atoms with E-state index in [2.05, 4.69) is 25.7 Å². The van der Waals surface area contributed by atoms with Crippen LogP contribution in [0.2, 0.25) is 0 Å². The van der Waals surface area contributed by atoms with Gasteiger partial charge in [-0.2, -0.15) is 0 Å². The molecule has 2 N–H and O–H groups in total. The predicted molar refractivity (Wildman–Crippen MR) is 78.9 cm³/mol. The van der Waals surface area contributed by atoms with Crippen LogP contribution in [0.15, 0.2) is 18.2 Å². The van der Waals surface area contributed by atoms with Gasteiger partial charge < -0.3 is 10.5 Å². The van der Waals surface area contributed by atoms with Gasteiger partial charge in [0.15, 0.2) is 11.6 Å². The number of rotatable bonds is 2. The third-order valence-electron chi connectivity index (χ3n) is 4.11. The molecule has 1 fully saturated rings. The van der Waals surface area contributed by atoms with E-state index in [-0.39, 0.29) is 11.9 Å². The number of benzene rings is 1. The number of halogens is 1. The lowest BCUT2D eigenvalue weighted by Crippen LogP contribution is -2.29. The predicted octanol–water partition coefficient (Wildman–Crippen LogP) is 3.34. The van der Waals surface area contributed by atoms with E-state index in [0.717, 1.165) is 30.7 Å². The Labute approximate surface area is 120 Å². The largest absolute Gasteiger partial charge is 0.487 e. The Balaban J connectivity index is 2.08. The molecule has 2 rings (SSSR count). The maximum Gasteiger partial charge on any atom is 0.165 e. The summed E-state index contributed by atoms with van der Waals surface area (Å²) in [5.74, 6) is 7.00. The molecule has 0 bridgehead atoms. The summed E-state index contributed by atoms with van der Waals surface area (Å²) in [6.45, 7) is 4.80. The molecule has 1 aromatic carbocycles. The van der Waals surface area contributed by atoms with Gasteiger partial charge in [0.25, 0.3) is 0 Å². The van der Waals surface area contributed by atoms with Crippen molar-refractivity contribution in [3.05, 3.63) is 29.6 Å². The first kappa shape index (κ1) is 14.9. The normalized spacial score (nSPS) is 25.7. The molecular weight excluding hydrogens is 253 g/mol. The van der Waals surface area contributed by atoms with E-state index in [9.17, 15) is 4.39 Å². The molecule has 0 aromatic heterocycles. The van der Waals surface area contributed by atoms with Crippen LogP contribution in [0.25, 0.3) is 0 Å². The quantitative estimate of drug-likeness (QED) is 0.840. The highest BCUT2D eigenvalue weighted by molar-refractivity contribution is 5.40. The summed E-state index contributed by atoms with van der Waals surface area (Å²) >= 11 is 0. The minimum atomic E-state index is -0.324. The summed E-state index contributed by atoms with van der Waals surface area (Å²) in [5.41, 5.74) is 6.08. The van der Waals surface area contributed by atoms with Crippen LogP contribution in [0.4, 0.5) is 4.39 Å². The van der Waals surface area contributed by atoms with E-state index in [4.69, 9.17) is 10.5 Å². The fourth-order valence-electron chi connectivity index (χ4n) is 2.61. The maximum absolute atomic E-state index is 13.8. The average molecular weight is 275 g/mol. The van der Waals surface area contributed by atoms with E-state index >= 15 is 0 Å². The summed E-state index contributed by atoms with van der Waals surface area (Å²) in [5, 5.41) is 0. The van der Waals surface area contributed by atoms with Crippen molar-refractivity contribution < 1.29 is 9.13 Å². The Morgan fingerprint density at radius 3 is 2.80 bits per heavy atom. The zero-order valence-corrected chi connectivity index (χ0v) is 12.2. The van der Waals surface area contributed by atoms with Crippen LogP contribution < -0.4 is 10.5 Å². The monoisotopic (exact) mass is 275 g/mol. The Kier molecular flexibility index (Phi) is 5.03. The number of nitrogens with two attached hydrogens (primary N) is 1. The minimum absolute atomic E-state index is 0.105. The molecule has 0 aliphatic heterocycles. The maximum atomic E-state index is 13.8. The highest BCUT2D eigenvalue weighted by Gasteiger charge is 2.26. The Morgan fingerprint density at radius 1 is 1.30 bits per heavy atom. The van der Waals surface area contributed by atoms with E-state index in [0.29, 0.717) is 18.2 Å². The van der Waals surface area contributed by atoms with Crippen LogP contribution >= 0.6 is 0 Å². The summed E-state index contributed by atoms with van der Waals surface area (Å²) in [6.07, 6.45) is 3.22. The summed E-state index contributed by atoms with van der Waals surface area (Å²) < 4.78 is 19.7. The second-order valence-corrected chi connectivity index (χ2v) is 5.66. The third kappa shape index (κ3) is 3.74. The highest BCUT2D eigenvalue weighted by Crippen LogP contribution is 2.32. The van der Waals surface area contributed by atoms with E-state index < -0.39 is 0 Å². The zero-order chi connectivity index (χ0) is 14.5. The number of hydrogen-bond acceptors (Lipinski definition) is 2. The van der Waals surface area contributed by atoms with Crippen molar-refractivity contribution in [3.8, 4) is 17.6 Å². The molecule has 108 valence electrons. The van der Waals surface area contributed by atoms with Crippen molar-refractivity contribution in [2.24, 2.45) is 17.6 Å². The van der Waals surface area contributed by atoms with Crippen molar-refractivity contribution in [1.82, 2.24) is 0 Å². The number of hydrogen-bond donors (Lipinski definition) is 1.